The van der Waals surface area contributed by atoms with E-state index in [9.17, 15) is 0 Å². The number of benzene rings is 1. The van der Waals surface area contributed by atoms with E-state index in [1.807, 2.05) is 31.3 Å². The predicted octanol–water partition coefficient (Wildman–Crippen LogP) is 2.05. The Morgan fingerprint density at radius 2 is 2.21 bits per heavy atom. The van der Waals surface area contributed by atoms with Crippen molar-refractivity contribution in [2.75, 3.05) is 24.6 Å². The number of morpholine rings is 1. The molecule has 1 atom stereocenters. The van der Waals surface area contributed by atoms with Gasteiger partial charge in [0.2, 0.25) is 5.95 Å². The van der Waals surface area contributed by atoms with Crippen LogP contribution in [0.3, 0.4) is 0 Å². The maximum Gasteiger partial charge on any atom is 0.223 e. The van der Waals surface area contributed by atoms with Crippen molar-refractivity contribution in [3.05, 3.63) is 41.2 Å². The molecule has 0 bridgehead atoms. The van der Waals surface area contributed by atoms with Crippen LogP contribution < -0.4 is 4.90 Å². The van der Waals surface area contributed by atoms with Gasteiger partial charge in [0.25, 0.3) is 0 Å². The number of ether oxygens (including phenoxy) is 1. The van der Waals surface area contributed by atoms with Gasteiger partial charge in [-0.05, 0) is 6.07 Å². The monoisotopic (exact) mass is 278 g/mol. The first-order valence-corrected chi connectivity index (χ1v) is 6.58. The minimum absolute atomic E-state index is 0.0286. The van der Waals surface area contributed by atoms with Crippen molar-refractivity contribution in [2.45, 2.75) is 6.10 Å². The van der Waals surface area contributed by atoms with E-state index in [0.717, 1.165) is 29.6 Å². The third kappa shape index (κ3) is 2.43. The molecule has 1 aliphatic rings. The van der Waals surface area contributed by atoms with E-state index in [2.05, 4.69) is 15.0 Å². The normalized spacial score (nSPS) is 19.7. The second kappa shape index (κ2) is 5.19. The summed E-state index contributed by atoms with van der Waals surface area (Å²) in [5, 5.41) is 4.85. The van der Waals surface area contributed by atoms with Crippen molar-refractivity contribution in [2.24, 2.45) is 7.05 Å². The van der Waals surface area contributed by atoms with Crippen LogP contribution in [0.5, 0.6) is 0 Å². The van der Waals surface area contributed by atoms with E-state index in [0.29, 0.717) is 6.61 Å². The molecule has 3 rings (SSSR count). The summed E-state index contributed by atoms with van der Waals surface area (Å²) in [7, 11) is 1.89. The van der Waals surface area contributed by atoms with Gasteiger partial charge >= 0.3 is 0 Å². The Morgan fingerprint density at radius 3 is 2.95 bits per heavy atom. The largest absolute Gasteiger partial charge is 0.370 e. The molecule has 1 aliphatic heterocycles. The van der Waals surface area contributed by atoms with Gasteiger partial charge in [-0.1, -0.05) is 29.8 Å². The van der Waals surface area contributed by atoms with Gasteiger partial charge in [0.05, 0.1) is 13.2 Å². The Labute approximate surface area is 116 Å². The van der Waals surface area contributed by atoms with Crippen molar-refractivity contribution >= 4 is 17.5 Å². The molecule has 5 nitrogen and oxygen atoms in total. The molecule has 1 saturated heterocycles. The second-order valence-electron chi connectivity index (χ2n) is 4.51. The second-order valence-corrected chi connectivity index (χ2v) is 4.92. The molecular weight excluding hydrogens is 264 g/mol. The fourth-order valence-electron chi connectivity index (χ4n) is 2.33. The van der Waals surface area contributed by atoms with Gasteiger partial charge in [0.1, 0.15) is 12.4 Å². The van der Waals surface area contributed by atoms with Gasteiger partial charge < -0.3 is 9.64 Å². The highest BCUT2D eigenvalue weighted by Crippen LogP contribution is 2.29. The number of aryl methyl sites for hydroxylation is 1. The quantitative estimate of drug-likeness (QED) is 0.843. The molecule has 1 fully saturated rings. The van der Waals surface area contributed by atoms with Crippen LogP contribution in [0.2, 0.25) is 5.02 Å². The molecule has 1 aromatic heterocycles. The van der Waals surface area contributed by atoms with E-state index in [1.165, 1.54) is 0 Å². The molecule has 0 spiro atoms. The molecule has 0 N–H and O–H groups in total. The summed E-state index contributed by atoms with van der Waals surface area (Å²) in [6.07, 6.45) is 1.54. The van der Waals surface area contributed by atoms with Crippen LogP contribution in [-0.2, 0) is 11.8 Å². The van der Waals surface area contributed by atoms with Crippen LogP contribution >= 0.6 is 11.6 Å². The van der Waals surface area contributed by atoms with Crippen LogP contribution in [0.4, 0.5) is 5.95 Å². The van der Waals surface area contributed by atoms with Crippen molar-refractivity contribution in [3.63, 3.8) is 0 Å². The lowest BCUT2D eigenvalue weighted by Gasteiger charge is -2.33. The molecule has 0 amide bonds. The molecule has 2 heterocycles. The van der Waals surface area contributed by atoms with Gasteiger partial charge in [-0.3, -0.25) is 0 Å². The lowest BCUT2D eigenvalue weighted by Crippen LogP contribution is -2.39. The van der Waals surface area contributed by atoms with Crippen molar-refractivity contribution < 1.29 is 4.74 Å². The van der Waals surface area contributed by atoms with E-state index in [-0.39, 0.29) is 6.10 Å². The van der Waals surface area contributed by atoms with E-state index >= 15 is 0 Å². The Kier molecular flexibility index (Phi) is 3.40. The molecule has 1 unspecified atom stereocenters. The van der Waals surface area contributed by atoms with Crippen LogP contribution in [0.15, 0.2) is 30.6 Å². The first-order valence-electron chi connectivity index (χ1n) is 6.20. The van der Waals surface area contributed by atoms with Crippen LogP contribution in [0.1, 0.15) is 11.7 Å². The number of hydrogen-bond acceptors (Lipinski definition) is 4. The van der Waals surface area contributed by atoms with Gasteiger partial charge in [-0.2, -0.15) is 10.1 Å². The standard InChI is InChI=1S/C13H15ClN4O/c1-17-13(15-9-16-17)18-6-7-19-12(8-18)10-4-2-3-5-11(10)14/h2-5,9,12H,6-8H2,1H3. The topological polar surface area (TPSA) is 43.2 Å². The number of nitrogens with zero attached hydrogens (tertiary/aromatic N) is 4. The summed E-state index contributed by atoms with van der Waals surface area (Å²) in [5.74, 6) is 0.861. The Morgan fingerprint density at radius 1 is 1.37 bits per heavy atom. The van der Waals surface area contributed by atoms with E-state index in [4.69, 9.17) is 16.3 Å². The molecule has 2 aromatic rings. The van der Waals surface area contributed by atoms with Crippen LogP contribution in [0.25, 0.3) is 0 Å². The molecule has 0 saturated carbocycles. The average Bonchev–Trinajstić information content (AvgIpc) is 2.86. The minimum Gasteiger partial charge on any atom is -0.370 e. The number of anilines is 1. The Hall–Kier alpha value is -1.59. The average molecular weight is 279 g/mol. The number of halogens is 1. The summed E-state index contributed by atoms with van der Waals surface area (Å²) in [4.78, 5) is 6.45. The van der Waals surface area contributed by atoms with E-state index < -0.39 is 0 Å². The third-order valence-corrected chi connectivity index (χ3v) is 3.63. The summed E-state index contributed by atoms with van der Waals surface area (Å²) >= 11 is 6.23. The Balaban J connectivity index is 1.83. The third-order valence-electron chi connectivity index (χ3n) is 3.29. The Bertz CT molecular complexity index is 571. The van der Waals surface area contributed by atoms with Crippen LogP contribution in [-0.4, -0.2) is 34.5 Å². The SMILES string of the molecule is Cn1ncnc1N1CCOC(c2ccccc2Cl)C1. The minimum atomic E-state index is -0.0286. The van der Waals surface area contributed by atoms with Gasteiger partial charge in [0, 0.05) is 24.2 Å². The van der Waals surface area contributed by atoms with Crippen molar-refractivity contribution in [1.82, 2.24) is 14.8 Å². The smallest absolute Gasteiger partial charge is 0.223 e. The molecule has 6 heteroatoms. The zero-order valence-corrected chi connectivity index (χ0v) is 11.4. The van der Waals surface area contributed by atoms with Gasteiger partial charge in [0.15, 0.2) is 0 Å². The molecule has 0 aliphatic carbocycles. The molecule has 0 radical (unpaired) electrons. The number of aromatic nitrogens is 3. The summed E-state index contributed by atoms with van der Waals surface area (Å²) in [6.45, 7) is 2.20. The fraction of sp³-hybridized carbons (Fsp3) is 0.385. The van der Waals surface area contributed by atoms with Crippen molar-refractivity contribution in [3.8, 4) is 0 Å². The first-order chi connectivity index (χ1) is 9.25. The van der Waals surface area contributed by atoms with Gasteiger partial charge in [-0.25, -0.2) is 4.68 Å². The fourth-order valence-corrected chi connectivity index (χ4v) is 2.59. The maximum absolute atomic E-state index is 6.23. The highest BCUT2D eigenvalue weighted by Gasteiger charge is 2.25. The van der Waals surface area contributed by atoms with Crippen molar-refractivity contribution in [1.29, 1.82) is 0 Å². The summed E-state index contributed by atoms with van der Waals surface area (Å²) in [6, 6.07) is 7.80. The number of rotatable bonds is 2. The maximum atomic E-state index is 6.23. The van der Waals surface area contributed by atoms with Gasteiger partial charge in [-0.15, -0.1) is 0 Å². The highest BCUT2D eigenvalue weighted by atomic mass is 35.5. The molecule has 100 valence electrons. The highest BCUT2D eigenvalue weighted by molar-refractivity contribution is 6.31. The van der Waals surface area contributed by atoms with E-state index in [1.54, 1.807) is 11.0 Å². The van der Waals surface area contributed by atoms with Crippen LogP contribution in [0, 0.1) is 0 Å². The lowest BCUT2D eigenvalue weighted by molar-refractivity contribution is 0.0391. The zero-order chi connectivity index (χ0) is 13.2. The molecule has 19 heavy (non-hydrogen) atoms. The molecular formula is C13H15ClN4O. The lowest BCUT2D eigenvalue weighted by atomic mass is 10.1. The molecule has 1 aromatic carbocycles. The summed E-state index contributed by atoms with van der Waals surface area (Å²) < 4.78 is 7.60. The zero-order valence-electron chi connectivity index (χ0n) is 10.7. The first kappa shape index (κ1) is 12.4. The predicted molar refractivity (Wildman–Crippen MR) is 73.4 cm³/mol. The number of hydrogen-bond donors (Lipinski definition) is 0. The summed E-state index contributed by atoms with van der Waals surface area (Å²) in [5.41, 5.74) is 1.02.